The standard InChI is InChI=1S/2C14H13NO/c2*16-14-9-12(10-4-2-1-3-5-10)8-13(15-14)11-6-7-11/h2*1-5,8-9,11H,6-7H2,(H,15,16). The summed E-state index contributed by atoms with van der Waals surface area (Å²) in [5.74, 6) is 1.16. The Balaban J connectivity index is 0.000000135. The van der Waals surface area contributed by atoms with Gasteiger partial charge in [0.05, 0.1) is 0 Å². The normalized spacial score (nSPS) is 15.0. The van der Waals surface area contributed by atoms with Gasteiger partial charge in [-0.05, 0) is 71.9 Å². The van der Waals surface area contributed by atoms with Gasteiger partial charge in [0.1, 0.15) is 0 Å². The Morgan fingerprint density at radius 3 is 1.22 bits per heavy atom. The summed E-state index contributed by atoms with van der Waals surface area (Å²) in [5, 5.41) is 0. The van der Waals surface area contributed by atoms with Gasteiger partial charge in [-0.3, -0.25) is 9.59 Å². The van der Waals surface area contributed by atoms with E-state index >= 15 is 0 Å². The van der Waals surface area contributed by atoms with Crippen LogP contribution < -0.4 is 11.1 Å². The molecule has 0 amide bonds. The fraction of sp³-hybridized carbons (Fsp3) is 0.214. The first-order chi connectivity index (χ1) is 15.7. The van der Waals surface area contributed by atoms with Crippen LogP contribution >= 0.6 is 0 Å². The lowest BCUT2D eigenvalue weighted by molar-refractivity contribution is 1.00. The van der Waals surface area contributed by atoms with Gasteiger partial charge in [-0.25, -0.2) is 0 Å². The summed E-state index contributed by atoms with van der Waals surface area (Å²) >= 11 is 0. The summed E-state index contributed by atoms with van der Waals surface area (Å²) < 4.78 is 0. The fourth-order valence-electron chi connectivity index (χ4n) is 3.95. The first kappa shape index (κ1) is 20.3. The Morgan fingerprint density at radius 2 is 0.875 bits per heavy atom. The zero-order valence-electron chi connectivity index (χ0n) is 17.9. The van der Waals surface area contributed by atoms with Gasteiger partial charge in [-0.15, -0.1) is 0 Å². The second-order valence-corrected chi connectivity index (χ2v) is 8.66. The molecule has 0 saturated heterocycles. The highest BCUT2D eigenvalue weighted by Crippen LogP contribution is 2.40. The molecule has 0 atom stereocenters. The molecule has 6 rings (SSSR count). The predicted octanol–water partition coefficient (Wildman–Crippen LogP) is 5.84. The SMILES string of the molecule is O=c1cc(-c2ccccc2)cc(C2CC2)[nH]1.O=c1cc(-c2ccccc2)cc(C2CC2)[nH]1. The van der Waals surface area contributed by atoms with Crippen molar-refractivity contribution in [2.75, 3.05) is 0 Å². The van der Waals surface area contributed by atoms with Crippen LogP contribution in [0.2, 0.25) is 0 Å². The van der Waals surface area contributed by atoms with Crippen molar-refractivity contribution in [3.8, 4) is 22.3 Å². The summed E-state index contributed by atoms with van der Waals surface area (Å²) in [4.78, 5) is 29.0. The van der Waals surface area contributed by atoms with Crippen molar-refractivity contribution >= 4 is 0 Å². The number of hydrogen-bond donors (Lipinski definition) is 2. The van der Waals surface area contributed by atoms with Crippen LogP contribution in [0.4, 0.5) is 0 Å². The van der Waals surface area contributed by atoms with Crippen molar-refractivity contribution in [3.63, 3.8) is 0 Å². The van der Waals surface area contributed by atoms with Crippen molar-refractivity contribution < 1.29 is 0 Å². The molecule has 2 aromatic carbocycles. The molecular weight excluding hydrogens is 396 g/mol. The molecule has 32 heavy (non-hydrogen) atoms. The van der Waals surface area contributed by atoms with Crippen LogP contribution in [0.15, 0.2) is 94.5 Å². The first-order valence-corrected chi connectivity index (χ1v) is 11.2. The van der Waals surface area contributed by atoms with Crippen molar-refractivity contribution in [3.05, 3.63) is 117 Å². The summed E-state index contributed by atoms with van der Waals surface area (Å²) in [6.45, 7) is 0. The Labute approximate surface area is 187 Å². The lowest BCUT2D eigenvalue weighted by Crippen LogP contribution is -2.07. The van der Waals surface area contributed by atoms with Crippen LogP contribution in [0, 0.1) is 0 Å². The smallest absolute Gasteiger partial charge is 0.248 e. The van der Waals surface area contributed by atoms with Gasteiger partial charge in [0.25, 0.3) is 0 Å². The maximum atomic E-state index is 11.6. The summed E-state index contributed by atoms with van der Waals surface area (Å²) in [6.07, 6.45) is 4.81. The van der Waals surface area contributed by atoms with Gasteiger partial charge in [-0.2, -0.15) is 0 Å². The summed E-state index contributed by atoms with van der Waals surface area (Å²) in [5.41, 5.74) is 6.44. The quantitative estimate of drug-likeness (QED) is 0.434. The Hall–Kier alpha value is -3.66. The zero-order chi connectivity index (χ0) is 21.9. The zero-order valence-corrected chi connectivity index (χ0v) is 17.9. The maximum Gasteiger partial charge on any atom is 0.248 e. The van der Waals surface area contributed by atoms with E-state index in [1.54, 1.807) is 12.1 Å². The number of benzene rings is 2. The number of aromatic nitrogens is 2. The van der Waals surface area contributed by atoms with E-state index in [1.165, 1.54) is 25.7 Å². The van der Waals surface area contributed by atoms with Gasteiger partial charge < -0.3 is 9.97 Å². The number of pyridine rings is 2. The topological polar surface area (TPSA) is 65.7 Å². The van der Waals surface area contributed by atoms with E-state index in [2.05, 4.69) is 22.1 Å². The monoisotopic (exact) mass is 422 g/mol. The predicted molar refractivity (Wildman–Crippen MR) is 129 cm³/mol. The van der Waals surface area contributed by atoms with Gasteiger partial charge in [0.15, 0.2) is 0 Å². The van der Waals surface area contributed by atoms with E-state index in [4.69, 9.17) is 0 Å². The van der Waals surface area contributed by atoms with E-state index < -0.39 is 0 Å². The second kappa shape index (κ2) is 8.83. The molecule has 4 heteroatoms. The fourth-order valence-corrected chi connectivity index (χ4v) is 3.95. The number of nitrogens with one attached hydrogen (secondary N) is 2. The molecule has 2 heterocycles. The molecule has 2 aliphatic rings. The summed E-state index contributed by atoms with van der Waals surface area (Å²) in [6, 6.07) is 27.6. The minimum Gasteiger partial charge on any atom is -0.326 e. The molecule has 2 fully saturated rings. The third-order valence-corrected chi connectivity index (χ3v) is 5.98. The number of rotatable bonds is 4. The largest absolute Gasteiger partial charge is 0.326 e. The van der Waals surface area contributed by atoms with Crippen LogP contribution in [-0.4, -0.2) is 9.97 Å². The van der Waals surface area contributed by atoms with Crippen molar-refractivity contribution in [2.24, 2.45) is 0 Å². The highest BCUT2D eigenvalue weighted by Gasteiger charge is 2.25. The molecule has 2 N–H and O–H groups in total. The van der Waals surface area contributed by atoms with Crippen LogP contribution in [0.1, 0.15) is 48.9 Å². The van der Waals surface area contributed by atoms with E-state index in [0.29, 0.717) is 11.8 Å². The van der Waals surface area contributed by atoms with E-state index in [9.17, 15) is 9.59 Å². The van der Waals surface area contributed by atoms with Gasteiger partial charge >= 0.3 is 0 Å². The third-order valence-electron chi connectivity index (χ3n) is 5.98. The number of hydrogen-bond acceptors (Lipinski definition) is 2. The second-order valence-electron chi connectivity index (χ2n) is 8.66. The Morgan fingerprint density at radius 1 is 0.500 bits per heavy atom. The number of H-pyrrole nitrogens is 2. The van der Waals surface area contributed by atoms with Crippen LogP contribution in [-0.2, 0) is 0 Å². The minimum absolute atomic E-state index is 0.00301. The molecule has 0 spiro atoms. The third kappa shape index (κ3) is 4.97. The molecule has 4 aromatic rings. The lowest BCUT2D eigenvalue weighted by Gasteiger charge is -2.04. The van der Waals surface area contributed by atoms with Gasteiger partial charge in [0.2, 0.25) is 11.1 Å². The average molecular weight is 423 g/mol. The molecule has 160 valence electrons. The van der Waals surface area contributed by atoms with Crippen LogP contribution in [0.5, 0.6) is 0 Å². The molecule has 0 bridgehead atoms. The van der Waals surface area contributed by atoms with E-state index in [1.807, 2.05) is 60.7 Å². The molecule has 2 aliphatic carbocycles. The van der Waals surface area contributed by atoms with E-state index in [0.717, 1.165) is 33.6 Å². The molecule has 2 saturated carbocycles. The highest BCUT2D eigenvalue weighted by molar-refractivity contribution is 5.64. The van der Waals surface area contributed by atoms with Crippen molar-refractivity contribution in [2.45, 2.75) is 37.5 Å². The summed E-state index contributed by atoms with van der Waals surface area (Å²) in [7, 11) is 0. The van der Waals surface area contributed by atoms with Crippen molar-refractivity contribution in [1.82, 2.24) is 9.97 Å². The van der Waals surface area contributed by atoms with E-state index in [-0.39, 0.29) is 11.1 Å². The highest BCUT2D eigenvalue weighted by atomic mass is 16.1. The molecular formula is C28H26N2O2. The average Bonchev–Trinajstić information content (AvgIpc) is 3.73. The minimum atomic E-state index is 0.00301. The molecule has 4 nitrogen and oxygen atoms in total. The van der Waals surface area contributed by atoms with Gasteiger partial charge in [-0.1, -0.05) is 60.7 Å². The van der Waals surface area contributed by atoms with Crippen LogP contribution in [0.3, 0.4) is 0 Å². The maximum absolute atomic E-state index is 11.6. The van der Waals surface area contributed by atoms with Crippen molar-refractivity contribution in [1.29, 1.82) is 0 Å². The Kier molecular flexibility index (Phi) is 5.59. The molecule has 0 unspecified atom stereocenters. The lowest BCUT2D eigenvalue weighted by atomic mass is 10.1. The van der Waals surface area contributed by atoms with Gasteiger partial charge in [0, 0.05) is 23.5 Å². The molecule has 2 aromatic heterocycles. The Bertz CT molecular complexity index is 1210. The number of aromatic amines is 2. The molecule has 0 radical (unpaired) electrons. The molecule has 0 aliphatic heterocycles. The first-order valence-electron chi connectivity index (χ1n) is 11.2. The van der Waals surface area contributed by atoms with Crippen LogP contribution in [0.25, 0.3) is 22.3 Å².